The maximum atomic E-state index is 13.8. The van der Waals surface area contributed by atoms with Crippen LogP contribution in [0.1, 0.15) is 49.1 Å². The third-order valence-electron chi connectivity index (χ3n) is 6.38. The Labute approximate surface area is 214 Å². The summed E-state index contributed by atoms with van der Waals surface area (Å²) in [6.07, 6.45) is 0.310. The lowest BCUT2D eigenvalue weighted by Gasteiger charge is -2.44. The fourth-order valence-electron chi connectivity index (χ4n) is 4.70. The Bertz CT molecular complexity index is 1190. The maximum Gasteiger partial charge on any atom is 0.411 e. The summed E-state index contributed by atoms with van der Waals surface area (Å²) in [6.45, 7) is 8.33. The van der Waals surface area contributed by atoms with Gasteiger partial charge in [0.25, 0.3) is 0 Å². The molecule has 1 aliphatic rings. The number of methoxy groups -OCH3 is 2. The van der Waals surface area contributed by atoms with Gasteiger partial charge in [-0.15, -0.1) is 0 Å². The first-order chi connectivity index (χ1) is 17.2. The van der Waals surface area contributed by atoms with Crippen molar-refractivity contribution < 1.29 is 19.0 Å². The Morgan fingerprint density at radius 2 is 1.61 bits per heavy atom. The summed E-state index contributed by atoms with van der Waals surface area (Å²) < 4.78 is 17.2. The Kier molecular flexibility index (Phi) is 7.43. The second-order valence-electron chi connectivity index (χ2n) is 10.2. The van der Waals surface area contributed by atoms with E-state index < -0.39 is 5.60 Å². The van der Waals surface area contributed by atoms with E-state index in [1.54, 1.807) is 14.2 Å². The largest absolute Gasteiger partial charge is 0.493 e. The van der Waals surface area contributed by atoms with Crippen molar-refractivity contribution in [3.63, 3.8) is 0 Å². The zero-order chi connectivity index (χ0) is 25.9. The molecule has 3 aromatic rings. The highest BCUT2D eigenvalue weighted by Crippen LogP contribution is 2.43. The summed E-state index contributed by atoms with van der Waals surface area (Å²) in [6, 6.07) is 21.9. The molecule has 0 unspecified atom stereocenters. The molecule has 0 saturated carbocycles. The van der Waals surface area contributed by atoms with Gasteiger partial charge in [-0.2, -0.15) is 0 Å². The van der Waals surface area contributed by atoms with Crippen LogP contribution in [0.3, 0.4) is 0 Å². The van der Waals surface area contributed by atoms with Crippen LogP contribution in [0.5, 0.6) is 11.5 Å². The van der Waals surface area contributed by atoms with Crippen molar-refractivity contribution in [2.75, 3.05) is 26.1 Å². The van der Waals surface area contributed by atoms with Gasteiger partial charge in [0.05, 0.1) is 26.3 Å². The van der Waals surface area contributed by atoms with Gasteiger partial charge in [0.2, 0.25) is 0 Å². The van der Waals surface area contributed by atoms with E-state index in [0.29, 0.717) is 24.5 Å². The molecule has 1 heterocycles. The summed E-state index contributed by atoms with van der Waals surface area (Å²) in [5.74, 6) is 1.32. The molecule has 0 radical (unpaired) electrons. The Balaban J connectivity index is 1.81. The lowest BCUT2D eigenvalue weighted by atomic mass is 9.84. The molecule has 0 bridgehead atoms. The van der Waals surface area contributed by atoms with E-state index in [0.717, 1.165) is 22.4 Å². The molecule has 36 heavy (non-hydrogen) atoms. The van der Waals surface area contributed by atoms with Gasteiger partial charge < -0.3 is 19.5 Å². The minimum atomic E-state index is -0.620. The number of anilines is 1. The van der Waals surface area contributed by atoms with Gasteiger partial charge in [0, 0.05) is 12.2 Å². The number of fused-ring (bicyclic) bond motifs is 1. The first-order valence-electron chi connectivity index (χ1n) is 12.3. The van der Waals surface area contributed by atoms with Gasteiger partial charge >= 0.3 is 6.09 Å². The Hall–Kier alpha value is -3.67. The normalized spacial score (nSPS) is 17.2. The van der Waals surface area contributed by atoms with Crippen molar-refractivity contribution in [1.82, 2.24) is 4.90 Å². The topological polar surface area (TPSA) is 60.0 Å². The molecule has 3 aromatic carbocycles. The second kappa shape index (κ2) is 10.5. The number of carbonyl (C=O) groups is 1. The molecule has 6 nitrogen and oxygen atoms in total. The highest BCUT2D eigenvalue weighted by molar-refractivity contribution is 5.72. The predicted molar refractivity (Wildman–Crippen MR) is 143 cm³/mol. The lowest BCUT2D eigenvalue weighted by molar-refractivity contribution is 0.00740. The number of amides is 1. The number of benzene rings is 3. The summed E-state index contributed by atoms with van der Waals surface area (Å²) in [5, 5.41) is 3.54. The summed E-state index contributed by atoms with van der Waals surface area (Å²) in [5.41, 5.74) is 4.74. The standard InChI is InChI=1S/C30H36N2O4/c1-20-12-14-23(15-13-20)31-19-24-16-22-17-26(34-5)27(35-6)18-25(22)28(21-10-8-7-9-11-21)32(24)29(33)36-30(2,3)4/h7-15,17-18,24,28,31H,16,19H2,1-6H3/t24-,28-/m0/s1. The zero-order valence-corrected chi connectivity index (χ0v) is 22.0. The molecule has 1 amide bonds. The lowest BCUT2D eigenvalue weighted by Crippen LogP contribution is -2.52. The molecule has 1 aliphatic heterocycles. The van der Waals surface area contributed by atoms with Crippen LogP contribution in [0.4, 0.5) is 10.5 Å². The maximum absolute atomic E-state index is 13.8. The molecule has 0 aromatic heterocycles. The number of rotatable bonds is 6. The number of ether oxygens (including phenoxy) is 3. The number of carbonyl (C=O) groups excluding carboxylic acids is 1. The molecule has 1 N–H and O–H groups in total. The second-order valence-corrected chi connectivity index (χ2v) is 10.2. The molecule has 6 heteroatoms. The number of hydrogen-bond acceptors (Lipinski definition) is 5. The SMILES string of the molecule is COc1cc2c(cc1OC)[C@H](c1ccccc1)N(C(=O)OC(C)(C)C)[C@H](CNc1ccc(C)cc1)C2. The number of hydrogen-bond donors (Lipinski definition) is 1. The van der Waals surface area contributed by atoms with Crippen molar-refractivity contribution in [1.29, 1.82) is 0 Å². The van der Waals surface area contributed by atoms with E-state index in [4.69, 9.17) is 14.2 Å². The summed E-state index contributed by atoms with van der Waals surface area (Å²) in [7, 11) is 3.27. The van der Waals surface area contributed by atoms with E-state index in [9.17, 15) is 4.79 Å². The van der Waals surface area contributed by atoms with Gasteiger partial charge in [0.1, 0.15) is 5.60 Å². The van der Waals surface area contributed by atoms with Gasteiger partial charge in [-0.25, -0.2) is 4.79 Å². The van der Waals surface area contributed by atoms with Crippen LogP contribution in [0.15, 0.2) is 66.7 Å². The van der Waals surface area contributed by atoms with Crippen molar-refractivity contribution in [3.05, 3.63) is 89.0 Å². The van der Waals surface area contributed by atoms with Crippen LogP contribution in [0.25, 0.3) is 0 Å². The molecule has 0 fully saturated rings. The van der Waals surface area contributed by atoms with E-state index >= 15 is 0 Å². The third-order valence-corrected chi connectivity index (χ3v) is 6.38. The van der Waals surface area contributed by atoms with E-state index in [-0.39, 0.29) is 18.2 Å². The zero-order valence-electron chi connectivity index (χ0n) is 22.0. The van der Waals surface area contributed by atoms with Gasteiger partial charge in [-0.3, -0.25) is 4.90 Å². The van der Waals surface area contributed by atoms with Crippen LogP contribution >= 0.6 is 0 Å². The van der Waals surface area contributed by atoms with Crippen LogP contribution in [0.2, 0.25) is 0 Å². The van der Waals surface area contributed by atoms with Crippen molar-refractivity contribution in [3.8, 4) is 11.5 Å². The van der Waals surface area contributed by atoms with Gasteiger partial charge in [-0.05, 0) is 75.1 Å². The van der Waals surface area contributed by atoms with E-state index in [1.807, 2.05) is 56.0 Å². The molecule has 2 atom stereocenters. The first-order valence-corrected chi connectivity index (χ1v) is 12.3. The van der Waals surface area contributed by atoms with Crippen molar-refractivity contribution in [2.45, 2.75) is 51.8 Å². The monoisotopic (exact) mass is 488 g/mol. The average Bonchev–Trinajstić information content (AvgIpc) is 2.86. The average molecular weight is 489 g/mol. The summed E-state index contributed by atoms with van der Waals surface area (Å²) in [4.78, 5) is 15.7. The predicted octanol–water partition coefficient (Wildman–Crippen LogP) is 6.38. The Morgan fingerprint density at radius 3 is 2.22 bits per heavy atom. The van der Waals surface area contributed by atoms with Gasteiger partial charge in [-0.1, -0.05) is 48.0 Å². The molecule has 4 rings (SSSR count). The fraction of sp³-hybridized carbons (Fsp3) is 0.367. The number of aryl methyl sites for hydroxylation is 1. The number of nitrogens with zero attached hydrogens (tertiary/aromatic N) is 1. The highest BCUT2D eigenvalue weighted by atomic mass is 16.6. The van der Waals surface area contributed by atoms with E-state index in [1.165, 1.54) is 5.56 Å². The molecule has 190 valence electrons. The van der Waals surface area contributed by atoms with Crippen LogP contribution in [-0.2, 0) is 11.2 Å². The van der Waals surface area contributed by atoms with Crippen LogP contribution in [0, 0.1) is 6.92 Å². The molecule has 0 aliphatic carbocycles. The van der Waals surface area contributed by atoms with Crippen LogP contribution in [-0.4, -0.2) is 43.4 Å². The van der Waals surface area contributed by atoms with Crippen LogP contribution < -0.4 is 14.8 Å². The third kappa shape index (κ3) is 5.59. The fourth-order valence-corrected chi connectivity index (χ4v) is 4.70. The summed E-state index contributed by atoms with van der Waals surface area (Å²) >= 11 is 0. The number of nitrogens with one attached hydrogen (secondary N) is 1. The molecular weight excluding hydrogens is 452 g/mol. The molecule has 0 saturated heterocycles. The van der Waals surface area contributed by atoms with E-state index in [2.05, 4.69) is 48.6 Å². The molecule has 0 spiro atoms. The first kappa shape index (κ1) is 25.4. The Morgan fingerprint density at radius 1 is 0.972 bits per heavy atom. The minimum Gasteiger partial charge on any atom is -0.493 e. The van der Waals surface area contributed by atoms with Crippen molar-refractivity contribution >= 4 is 11.8 Å². The minimum absolute atomic E-state index is 0.156. The molecular formula is C30H36N2O4. The van der Waals surface area contributed by atoms with Gasteiger partial charge in [0.15, 0.2) is 11.5 Å². The van der Waals surface area contributed by atoms with Crippen molar-refractivity contribution in [2.24, 2.45) is 0 Å². The quantitative estimate of drug-likeness (QED) is 0.437. The smallest absolute Gasteiger partial charge is 0.411 e. The highest BCUT2D eigenvalue weighted by Gasteiger charge is 2.41.